The van der Waals surface area contributed by atoms with Gasteiger partial charge in [-0.25, -0.2) is 4.39 Å². The van der Waals surface area contributed by atoms with Gasteiger partial charge in [0.1, 0.15) is 24.4 Å². The molecule has 0 bridgehead atoms. The van der Waals surface area contributed by atoms with E-state index in [4.69, 9.17) is 0 Å². The Labute approximate surface area is 136 Å². The molecule has 0 spiro atoms. The van der Waals surface area contributed by atoms with Gasteiger partial charge < -0.3 is 15.5 Å². The van der Waals surface area contributed by atoms with Crippen LogP contribution in [-0.4, -0.2) is 65.1 Å². The molecule has 4 atom stereocenters. The van der Waals surface area contributed by atoms with E-state index >= 15 is 0 Å². The van der Waals surface area contributed by atoms with Crippen LogP contribution in [0.4, 0.5) is 4.39 Å². The van der Waals surface area contributed by atoms with Crippen molar-refractivity contribution in [2.24, 2.45) is 0 Å². The van der Waals surface area contributed by atoms with Crippen LogP contribution in [0.3, 0.4) is 0 Å². The fourth-order valence-corrected chi connectivity index (χ4v) is 3.02. The van der Waals surface area contributed by atoms with E-state index in [1.165, 1.54) is 5.56 Å². The number of aryl methyl sites for hydroxylation is 1. The average molecular weight is 324 g/mol. The second-order valence-electron chi connectivity index (χ2n) is 5.92. The number of hydrogen-bond donors (Lipinski definition) is 3. The molecule has 1 aromatic carbocycles. The summed E-state index contributed by atoms with van der Waals surface area (Å²) in [5, 5.41) is 22.5. The lowest BCUT2D eigenvalue weighted by atomic mass is 9.93. The quantitative estimate of drug-likeness (QED) is 0.712. The van der Waals surface area contributed by atoms with Gasteiger partial charge in [0.05, 0.1) is 0 Å². The van der Waals surface area contributed by atoms with Gasteiger partial charge in [0.25, 0.3) is 0 Å². The molecular weight excluding hydrogens is 299 g/mol. The van der Waals surface area contributed by atoms with Crippen LogP contribution in [0.25, 0.3) is 0 Å². The Kier molecular flexibility index (Phi) is 6.50. The van der Waals surface area contributed by atoms with Crippen LogP contribution < -0.4 is 5.32 Å². The highest BCUT2D eigenvalue weighted by atomic mass is 19.1. The maximum Gasteiger partial charge on any atom is 0.240 e. The van der Waals surface area contributed by atoms with Crippen LogP contribution in [0.1, 0.15) is 18.9 Å². The average Bonchev–Trinajstić information content (AvgIpc) is 2.54. The van der Waals surface area contributed by atoms with Crippen LogP contribution in [0, 0.1) is 0 Å². The first kappa shape index (κ1) is 17.8. The maximum absolute atomic E-state index is 13.9. The molecule has 1 saturated heterocycles. The molecule has 23 heavy (non-hydrogen) atoms. The van der Waals surface area contributed by atoms with Gasteiger partial charge in [-0.3, -0.25) is 9.69 Å². The second kappa shape index (κ2) is 8.38. The normalized spacial score (nSPS) is 28.5. The first-order chi connectivity index (χ1) is 11.0. The van der Waals surface area contributed by atoms with Gasteiger partial charge in [0.2, 0.25) is 5.91 Å². The SMILES string of the molecule is CCNC(=O)[C@@H]1[C@@H](O)[C@@H](O)[C@H](F)CN1CCCc1ccccc1. The molecule has 0 saturated carbocycles. The molecule has 6 heteroatoms. The zero-order valence-electron chi connectivity index (χ0n) is 13.4. The van der Waals surface area contributed by atoms with E-state index in [9.17, 15) is 19.4 Å². The minimum atomic E-state index is -1.55. The Bertz CT molecular complexity index is 500. The predicted octanol–water partition coefficient (Wildman–Crippen LogP) is 0.499. The fraction of sp³-hybridized carbons (Fsp3) is 0.588. The number of alkyl halides is 1. The van der Waals surface area contributed by atoms with E-state index in [0.717, 1.165) is 12.8 Å². The third-order valence-corrected chi connectivity index (χ3v) is 4.22. The summed E-state index contributed by atoms with van der Waals surface area (Å²) in [6.45, 7) is 2.64. The summed E-state index contributed by atoms with van der Waals surface area (Å²) in [5.41, 5.74) is 1.18. The van der Waals surface area contributed by atoms with Crippen LogP contribution in [0.2, 0.25) is 0 Å². The lowest BCUT2D eigenvalue weighted by molar-refractivity contribution is -0.149. The van der Waals surface area contributed by atoms with E-state index in [-0.39, 0.29) is 12.5 Å². The minimum Gasteiger partial charge on any atom is -0.388 e. The number of benzene rings is 1. The van der Waals surface area contributed by atoms with Crippen molar-refractivity contribution in [3.63, 3.8) is 0 Å². The summed E-state index contributed by atoms with van der Waals surface area (Å²) in [7, 11) is 0. The monoisotopic (exact) mass is 324 g/mol. The van der Waals surface area contributed by atoms with Gasteiger partial charge in [-0.1, -0.05) is 30.3 Å². The summed E-state index contributed by atoms with van der Waals surface area (Å²) >= 11 is 0. The number of carbonyl (C=O) groups is 1. The Morgan fingerprint density at radius 2 is 2.00 bits per heavy atom. The molecule has 5 nitrogen and oxygen atoms in total. The van der Waals surface area contributed by atoms with Gasteiger partial charge in [-0.15, -0.1) is 0 Å². The smallest absolute Gasteiger partial charge is 0.240 e. The fourth-order valence-electron chi connectivity index (χ4n) is 3.02. The number of amides is 1. The minimum absolute atomic E-state index is 0.0468. The summed E-state index contributed by atoms with van der Waals surface area (Å²) in [4.78, 5) is 13.8. The van der Waals surface area contributed by atoms with Gasteiger partial charge in [-0.05, 0) is 31.9 Å². The Balaban J connectivity index is 1.99. The Morgan fingerprint density at radius 3 is 2.65 bits per heavy atom. The highest BCUT2D eigenvalue weighted by molar-refractivity contribution is 5.82. The molecule has 1 fully saturated rings. The number of hydrogen-bond acceptors (Lipinski definition) is 4. The molecular formula is C17H25FN2O3. The molecule has 1 aliphatic rings. The van der Waals surface area contributed by atoms with E-state index < -0.39 is 24.4 Å². The van der Waals surface area contributed by atoms with Crippen LogP contribution in [0.15, 0.2) is 30.3 Å². The Morgan fingerprint density at radius 1 is 1.30 bits per heavy atom. The molecule has 1 aliphatic heterocycles. The number of aliphatic hydroxyl groups is 2. The number of carbonyl (C=O) groups excluding carboxylic acids is 1. The molecule has 1 aromatic rings. The maximum atomic E-state index is 13.9. The zero-order chi connectivity index (χ0) is 16.8. The molecule has 1 amide bonds. The van der Waals surface area contributed by atoms with Gasteiger partial charge >= 0.3 is 0 Å². The molecule has 3 N–H and O–H groups in total. The predicted molar refractivity (Wildman–Crippen MR) is 85.7 cm³/mol. The molecule has 0 radical (unpaired) electrons. The largest absolute Gasteiger partial charge is 0.388 e. The first-order valence-electron chi connectivity index (χ1n) is 8.10. The topological polar surface area (TPSA) is 72.8 Å². The summed E-state index contributed by atoms with van der Waals surface area (Å²) in [5.74, 6) is -0.370. The molecule has 2 rings (SSSR count). The van der Waals surface area contributed by atoms with Crippen molar-refractivity contribution in [2.75, 3.05) is 19.6 Å². The van der Waals surface area contributed by atoms with Gasteiger partial charge in [0, 0.05) is 13.1 Å². The number of likely N-dealkylation sites (N-methyl/N-ethyl adjacent to an activating group) is 1. The zero-order valence-corrected chi connectivity index (χ0v) is 13.4. The summed E-state index contributed by atoms with van der Waals surface area (Å²) < 4.78 is 13.9. The van der Waals surface area contributed by atoms with Crippen molar-refractivity contribution in [1.82, 2.24) is 10.2 Å². The molecule has 0 aromatic heterocycles. The van der Waals surface area contributed by atoms with Crippen LogP contribution in [-0.2, 0) is 11.2 Å². The number of aliphatic hydroxyl groups excluding tert-OH is 2. The standard InChI is InChI=1S/C17H25FN2O3/c1-2-19-17(23)14-16(22)15(21)13(18)11-20(14)10-6-9-12-7-4-3-5-8-12/h3-5,7-8,13-16,21-22H,2,6,9-11H2,1H3,(H,19,23)/t13-,14+,15+,16-/m1/s1. The van der Waals surface area contributed by atoms with E-state index in [2.05, 4.69) is 5.32 Å². The van der Waals surface area contributed by atoms with Crippen LogP contribution in [0.5, 0.6) is 0 Å². The molecule has 128 valence electrons. The number of likely N-dealkylation sites (tertiary alicyclic amines) is 1. The summed E-state index contributed by atoms with van der Waals surface area (Å²) in [6.07, 6.45) is -2.92. The second-order valence-corrected chi connectivity index (χ2v) is 5.92. The number of piperidine rings is 1. The molecule has 0 unspecified atom stereocenters. The molecule has 0 aliphatic carbocycles. The van der Waals surface area contributed by atoms with Crippen molar-refractivity contribution in [3.05, 3.63) is 35.9 Å². The van der Waals surface area contributed by atoms with Gasteiger partial charge in [0.15, 0.2) is 0 Å². The number of rotatable bonds is 6. The van der Waals surface area contributed by atoms with Crippen molar-refractivity contribution in [1.29, 1.82) is 0 Å². The Hall–Kier alpha value is -1.50. The third kappa shape index (κ3) is 4.50. The number of nitrogens with zero attached hydrogens (tertiary/aromatic N) is 1. The van der Waals surface area contributed by atoms with Crippen molar-refractivity contribution in [2.45, 2.75) is 44.2 Å². The van der Waals surface area contributed by atoms with E-state index in [1.807, 2.05) is 30.3 Å². The number of halogens is 1. The van der Waals surface area contributed by atoms with Crippen molar-refractivity contribution >= 4 is 5.91 Å². The molecule has 1 heterocycles. The van der Waals surface area contributed by atoms with E-state index in [0.29, 0.717) is 13.1 Å². The highest BCUT2D eigenvalue weighted by Crippen LogP contribution is 2.22. The van der Waals surface area contributed by atoms with E-state index in [1.54, 1.807) is 11.8 Å². The van der Waals surface area contributed by atoms with Crippen LogP contribution >= 0.6 is 0 Å². The highest BCUT2D eigenvalue weighted by Gasteiger charge is 2.45. The third-order valence-electron chi connectivity index (χ3n) is 4.22. The lowest BCUT2D eigenvalue weighted by Crippen LogP contribution is -2.64. The summed E-state index contributed by atoms with van der Waals surface area (Å²) in [6, 6.07) is 9.01. The van der Waals surface area contributed by atoms with Crippen molar-refractivity contribution < 1.29 is 19.4 Å². The van der Waals surface area contributed by atoms with Crippen molar-refractivity contribution in [3.8, 4) is 0 Å². The first-order valence-corrected chi connectivity index (χ1v) is 8.10. The lowest BCUT2D eigenvalue weighted by Gasteiger charge is -2.42. The van der Waals surface area contributed by atoms with Gasteiger partial charge in [-0.2, -0.15) is 0 Å². The number of nitrogens with one attached hydrogen (secondary N) is 1.